The first-order chi connectivity index (χ1) is 6.40. The molecule has 0 radical (unpaired) electrons. The predicted octanol–water partition coefficient (Wildman–Crippen LogP) is 2.38. The van der Waals surface area contributed by atoms with Crippen molar-refractivity contribution in [1.82, 2.24) is 10.2 Å². The summed E-state index contributed by atoms with van der Waals surface area (Å²) in [7, 11) is 0. The number of nitrogens with zero attached hydrogens (tertiary/aromatic N) is 2. The number of rotatable bonds is 2. The van der Waals surface area contributed by atoms with Crippen LogP contribution in [0.5, 0.6) is 0 Å². The van der Waals surface area contributed by atoms with Gasteiger partial charge in [0.05, 0.1) is 0 Å². The lowest BCUT2D eigenvalue weighted by Crippen LogP contribution is -1.78. The number of aromatic nitrogens is 2. The lowest BCUT2D eigenvalue weighted by atomic mass is 10.1. The Bertz CT molecular complexity index is 389. The van der Waals surface area contributed by atoms with Gasteiger partial charge in [0.1, 0.15) is 0 Å². The summed E-state index contributed by atoms with van der Waals surface area (Å²) < 4.78 is 5.04. The Hall–Kier alpha value is -1.90. The summed E-state index contributed by atoms with van der Waals surface area (Å²) in [6.07, 6.45) is 3.11. The summed E-state index contributed by atoms with van der Waals surface area (Å²) in [6, 6.07) is 7.74. The van der Waals surface area contributed by atoms with Crippen LogP contribution in [0.15, 0.2) is 41.7 Å². The van der Waals surface area contributed by atoms with Crippen LogP contribution in [0.4, 0.5) is 0 Å². The lowest BCUT2D eigenvalue weighted by Gasteiger charge is -1.94. The third-order valence-corrected chi connectivity index (χ3v) is 1.75. The van der Waals surface area contributed by atoms with Crippen LogP contribution < -0.4 is 0 Å². The standard InChI is InChI=1S/C10H8N2O/c1-2-8-3-5-9(6-4-8)10-12-11-7-13-10/h2-7H,1H2. The van der Waals surface area contributed by atoms with Crippen molar-refractivity contribution in [2.45, 2.75) is 0 Å². The highest BCUT2D eigenvalue weighted by Gasteiger charge is 2.01. The van der Waals surface area contributed by atoms with Gasteiger partial charge in [-0.15, -0.1) is 10.2 Å². The third kappa shape index (κ3) is 1.49. The maximum atomic E-state index is 5.04. The maximum Gasteiger partial charge on any atom is 0.247 e. The van der Waals surface area contributed by atoms with Gasteiger partial charge >= 0.3 is 0 Å². The first-order valence-electron chi connectivity index (χ1n) is 3.89. The molecule has 2 aromatic rings. The van der Waals surface area contributed by atoms with Crippen molar-refractivity contribution in [3.63, 3.8) is 0 Å². The number of hydrogen-bond donors (Lipinski definition) is 0. The van der Waals surface area contributed by atoms with E-state index in [1.165, 1.54) is 6.39 Å². The zero-order valence-electron chi connectivity index (χ0n) is 6.97. The number of benzene rings is 1. The molecular formula is C10H8N2O. The number of hydrogen-bond acceptors (Lipinski definition) is 3. The van der Waals surface area contributed by atoms with Crippen LogP contribution in [0.25, 0.3) is 17.5 Å². The fourth-order valence-electron chi connectivity index (χ4n) is 1.06. The van der Waals surface area contributed by atoms with Crippen molar-refractivity contribution in [3.8, 4) is 11.5 Å². The van der Waals surface area contributed by atoms with Crippen LogP contribution in [0, 0.1) is 0 Å². The summed E-state index contributed by atoms with van der Waals surface area (Å²) in [5, 5.41) is 7.40. The Morgan fingerprint density at radius 1 is 1.23 bits per heavy atom. The van der Waals surface area contributed by atoms with Gasteiger partial charge in [0.15, 0.2) is 0 Å². The average Bonchev–Trinajstić information content (AvgIpc) is 2.71. The summed E-state index contributed by atoms with van der Waals surface area (Å²) in [5.41, 5.74) is 1.99. The zero-order valence-corrected chi connectivity index (χ0v) is 6.97. The van der Waals surface area contributed by atoms with Crippen molar-refractivity contribution in [2.24, 2.45) is 0 Å². The Morgan fingerprint density at radius 3 is 2.54 bits per heavy atom. The van der Waals surface area contributed by atoms with Crippen LogP contribution in [-0.4, -0.2) is 10.2 Å². The first kappa shape index (κ1) is 7.73. The van der Waals surface area contributed by atoms with Gasteiger partial charge in [0, 0.05) is 5.56 Å². The molecule has 0 amide bonds. The van der Waals surface area contributed by atoms with Gasteiger partial charge in [0.2, 0.25) is 12.3 Å². The molecule has 1 aromatic heterocycles. The van der Waals surface area contributed by atoms with Crippen molar-refractivity contribution < 1.29 is 4.42 Å². The molecule has 1 heterocycles. The minimum Gasteiger partial charge on any atom is -0.423 e. The Kier molecular flexibility index (Phi) is 1.92. The highest BCUT2D eigenvalue weighted by molar-refractivity contribution is 5.57. The third-order valence-electron chi connectivity index (χ3n) is 1.75. The van der Waals surface area contributed by atoms with E-state index in [1.807, 2.05) is 24.3 Å². The van der Waals surface area contributed by atoms with Gasteiger partial charge in [0.25, 0.3) is 0 Å². The first-order valence-corrected chi connectivity index (χ1v) is 3.89. The van der Waals surface area contributed by atoms with E-state index in [0.29, 0.717) is 5.89 Å². The molecule has 0 saturated carbocycles. The molecule has 0 aliphatic rings. The van der Waals surface area contributed by atoms with Gasteiger partial charge in [-0.2, -0.15) is 0 Å². The second-order valence-electron chi connectivity index (χ2n) is 2.57. The molecule has 0 unspecified atom stereocenters. The topological polar surface area (TPSA) is 38.9 Å². The van der Waals surface area contributed by atoms with Crippen LogP contribution in [0.2, 0.25) is 0 Å². The molecule has 1 aromatic carbocycles. The van der Waals surface area contributed by atoms with Crippen molar-refractivity contribution >= 4 is 6.08 Å². The van der Waals surface area contributed by atoms with E-state index in [1.54, 1.807) is 6.08 Å². The van der Waals surface area contributed by atoms with Crippen LogP contribution >= 0.6 is 0 Å². The summed E-state index contributed by atoms with van der Waals surface area (Å²) in [6.45, 7) is 3.67. The smallest absolute Gasteiger partial charge is 0.247 e. The molecule has 0 fully saturated rings. The van der Waals surface area contributed by atoms with E-state index >= 15 is 0 Å². The van der Waals surface area contributed by atoms with Crippen LogP contribution in [-0.2, 0) is 0 Å². The normalized spacial score (nSPS) is 9.85. The van der Waals surface area contributed by atoms with E-state index < -0.39 is 0 Å². The van der Waals surface area contributed by atoms with E-state index in [-0.39, 0.29) is 0 Å². The SMILES string of the molecule is C=Cc1ccc(-c2nnco2)cc1. The highest BCUT2D eigenvalue weighted by Crippen LogP contribution is 2.16. The fourth-order valence-corrected chi connectivity index (χ4v) is 1.06. The van der Waals surface area contributed by atoms with Gasteiger partial charge in [-0.25, -0.2) is 0 Å². The van der Waals surface area contributed by atoms with Crippen molar-refractivity contribution in [2.75, 3.05) is 0 Å². The van der Waals surface area contributed by atoms with Crippen LogP contribution in [0.3, 0.4) is 0 Å². The molecule has 0 N–H and O–H groups in total. The van der Waals surface area contributed by atoms with Gasteiger partial charge < -0.3 is 4.42 Å². The summed E-state index contributed by atoms with van der Waals surface area (Å²) in [4.78, 5) is 0. The molecule has 0 bridgehead atoms. The highest BCUT2D eigenvalue weighted by atomic mass is 16.4. The largest absolute Gasteiger partial charge is 0.423 e. The van der Waals surface area contributed by atoms with Crippen LogP contribution in [0.1, 0.15) is 5.56 Å². The van der Waals surface area contributed by atoms with Crippen molar-refractivity contribution in [3.05, 3.63) is 42.8 Å². The second-order valence-corrected chi connectivity index (χ2v) is 2.57. The van der Waals surface area contributed by atoms with E-state index in [2.05, 4.69) is 16.8 Å². The monoisotopic (exact) mass is 172 g/mol. The molecule has 0 atom stereocenters. The minimum absolute atomic E-state index is 0.538. The fraction of sp³-hybridized carbons (Fsp3) is 0. The summed E-state index contributed by atoms with van der Waals surface area (Å²) in [5.74, 6) is 0.538. The van der Waals surface area contributed by atoms with Gasteiger partial charge in [-0.05, 0) is 17.7 Å². The Labute approximate surface area is 75.7 Å². The van der Waals surface area contributed by atoms with Gasteiger partial charge in [-0.1, -0.05) is 24.8 Å². The van der Waals surface area contributed by atoms with E-state index in [4.69, 9.17) is 4.42 Å². The minimum atomic E-state index is 0.538. The molecule has 0 saturated heterocycles. The predicted molar refractivity (Wildman–Crippen MR) is 49.8 cm³/mol. The van der Waals surface area contributed by atoms with Gasteiger partial charge in [-0.3, -0.25) is 0 Å². The molecule has 13 heavy (non-hydrogen) atoms. The Morgan fingerprint density at radius 2 is 2.00 bits per heavy atom. The maximum absolute atomic E-state index is 5.04. The van der Waals surface area contributed by atoms with E-state index in [0.717, 1.165) is 11.1 Å². The molecule has 3 nitrogen and oxygen atoms in total. The Balaban J connectivity index is 2.38. The zero-order chi connectivity index (χ0) is 9.10. The van der Waals surface area contributed by atoms with Crippen molar-refractivity contribution in [1.29, 1.82) is 0 Å². The molecular weight excluding hydrogens is 164 g/mol. The summed E-state index contributed by atoms with van der Waals surface area (Å²) >= 11 is 0. The lowest BCUT2D eigenvalue weighted by molar-refractivity contribution is 0.568. The molecule has 3 heteroatoms. The quantitative estimate of drug-likeness (QED) is 0.698. The average molecular weight is 172 g/mol. The van der Waals surface area contributed by atoms with E-state index in [9.17, 15) is 0 Å². The molecule has 0 spiro atoms. The molecule has 64 valence electrons. The molecule has 2 rings (SSSR count). The molecule has 0 aliphatic heterocycles. The second kappa shape index (κ2) is 3.23. The molecule has 0 aliphatic carbocycles.